The van der Waals surface area contributed by atoms with E-state index in [1.165, 1.54) is 17.8 Å². The lowest BCUT2D eigenvalue weighted by atomic mass is 9.94. The number of aliphatic imine (C=N–C) groups is 1. The van der Waals surface area contributed by atoms with Crippen LogP contribution < -0.4 is 5.32 Å². The number of benzene rings is 2. The Kier molecular flexibility index (Phi) is 7.10. The van der Waals surface area contributed by atoms with Gasteiger partial charge in [0.05, 0.1) is 23.7 Å². The van der Waals surface area contributed by atoms with E-state index in [9.17, 15) is 9.59 Å². The van der Waals surface area contributed by atoms with Crippen LogP contribution in [0.2, 0.25) is 0 Å². The summed E-state index contributed by atoms with van der Waals surface area (Å²) in [5, 5.41) is 5.65. The van der Waals surface area contributed by atoms with Gasteiger partial charge in [-0.05, 0) is 23.5 Å². The highest BCUT2D eigenvalue weighted by Crippen LogP contribution is 2.44. The predicted octanol–water partition coefficient (Wildman–Crippen LogP) is 4.70. The zero-order valence-corrected chi connectivity index (χ0v) is 19.2. The minimum atomic E-state index is -0.436. The largest absolute Gasteiger partial charge is 0.458 e. The van der Waals surface area contributed by atoms with Gasteiger partial charge in [0, 0.05) is 12.2 Å². The Morgan fingerprint density at radius 3 is 2.55 bits per heavy atom. The Morgan fingerprint density at radius 1 is 1.15 bits per heavy atom. The topological polar surface area (TPSA) is 71.0 Å². The second-order valence-corrected chi connectivity index (χ2v) is 8.47. The van der Waals surface area contributed by atoms with Crippen LogP contribution in [0.4, 0.5) is 0 Å². The number of hydrogen-bond acceptors (Lipinski definition) is 6. The van der Waals surface area contributed by atoms with Crippen LogP contribution in [-0.4, -0.2) is 28.6 Å². The Labute approximate surface area is 197 Å². The van der Waals surface area contributed by atoms with Gasteiger partial charge in [-0.25, -0.2) is 9.79 Å². The molecular weight excluding hydrogens is 434 g/mol. The van der Waals surface area contributed by atoms with Gasteiger partial charge in [0.2, 0.25) is 5.91 Å². The molecule has 0 aliphatic carbocycles. The van der Waals surface area contributed by atoms with Gasteiger partial charge in [-0.1, -0.05) is 85.1 Å². The number of esters is 1. The highest BCUT2D eigenvalue weighted by molar-refractivity contribution is 8.16. The van der Waals surface area contributed by atoms with Crippen LogP contribution in [0.25, 0.3) is 0 Å². The van der Waals surface area contributed by atoms with Crippen molar-refractivity contribution >= 4 is 28.8 Å². The molecule has 0 spiro atoms. The van der Waals surface area contributed by atoms with Crippen molar-refractivity contribution in [2.75, 3.05) is 6.61 Å². The summed E-state index contributed by atoms with van der Waals surface area (Å²) in [6.45, 7) is 6.02. The van der Waals surface area contributed by atoms with Crippen molar-refractivity contribution in [1.82, 2.24) is 10.2 Å². The molecule has 2 heterocycles. The molecule has 1 amide bonds. The molecule has 0 fully saturated rings. The second kappa shape index (κ2) is 10.4. The number of rotatable bonds is 8. The smallest absolute Gasteiger partial charge is 0.338 e. The molecule has 0 unspecified atom stereocenters. The van der Waals surface area contributed by atoms with Gasteiger partial charge in [-0.2, -0.15) is 0 Å². The van der Waals surface area contributed by atoms with Gasteiger partial charge in [0.15, 0.2) is 5.17 Å². The number of fused-ring (bicyclic) bond motifs is 1. The van der Waals surface area contributed by atoms with Crippen molar-refractivity contribution in [3.8, 4) is 0 Å². The van der Waals surface area contributed by atoms with E-state index in [4.69, 9.17) is 4.74 Å². The minimum Gasteiger partial charge on any atom is -0.458 e. The molecule has 2 aliphatic rings. The van der Waals surface area contributed by atoms with Crippen molar-refractivity contribution in [2.24, 2.45) is 4.99 Å². The summed E-state index contributed by atoms with van der Waals surface area (Å²) in [6, 6.07) is 19.1. The Balaban J connectivity index is 1.59. The monoisotopic (exact) mass is 459 g/mol. The van der Waals surface area contributed by atoms with E-state index >= 15 is 0 Å². The molecule has 2 aromatic rings. The maximum atomic E-state index is 13.0. The lowest BCUT2D eigenvalue weighted by Gasteiger charge is -2.36. The number of allylic oxidation sites excluding steroid dienone is 1. The third-order valence-electron chi connectivity index (χ3n) is 5.34. The Morgan fingerprint density at radius 2 is 1.85 bits per heavy atom. The van der Waals surface area contributed by atoms with Gasteiger partial charge in [0.25, 0.3) is 0 Å². The molecule has 33 heavy (non-hydrogen) atoms. The first kappa shape index (κ1) is 22.6. The van der Waals surface area contributed by atoms with E-state index in [1.807, 2.05) is 77.9 Å². The standard InChI is InChI=1S/C26H25N3O3S/c1-3-14-32-25(31)23-18(2)28-26-29(24(23)20-12-8-5-9-13-20)21(17-33-26)15-22(30)27-16-19-10-6-4-7-11-19/h3-13,17,24H,1,14-16H2,2H3,(H,27,30)/t24-/m1/s1. The van der Waals surface area contributed by atoms with Crippen LogP contribution in [0, 0.1) is 0 Å². The highest BCUT2D eigenvalue weighted by Gasteiger charge is 2.41. The van der Waals surface area contributed by atoms with Gasteiger partial charge in [-0.15, -0.1) is 0 Å². The van der Waals surface area contributed by atoms with Crippen molar-refractivity contribution in [3.63, 3.8) is 0 Å². The molecule has 2 aliphatic heterocycles. The summed E-state index contributed by atoms with van der Waals surface area (Å²) in [4.78, 5) is 32.4. The highest BCUT2D eigenvalue weighted by atomic mass is 32.2. The summed E-state index contributed by atoms with van der Waals surface area (Å²) in [5.41, 5.74) is 3.83. The number of carbonyl (C=O) groups excluding carboxylic acids is 2. The minimum absolute atomic E-state index is 0.0965. The molecule has 168 valence electrons. The first-order chi connectivity index (χ1) is 16.1. The fraction of sp³-hybridized carbons (Fsp3) is 0.192. The molecule has 7 heteroatoms. The Bertz CT molecular complexity index is 1140. The molecule has 1 N–H and O–H groups in total. The van der Waals surface area contributed by atoms with Gasteiger partial charge >= 0.3 is 5.97 Å². The molecule has 6 nitrogen and oxygen atoms in total. The van der Waals surface area contributed by atoms with Crippen LogP contribution in [-0.2, 0) is 20.9 Å². The van der Waals surface area contributed by atoms with Crippen LogP contribution in [0.15, 0.2) is 101 Å². The zero-order chi connectivity index (χ0) is 23.2. The number of hydrogen-bond donors (Lipinski definition) is 1. The summed E-state index contributed by atoms with van der Waals surface area (Å²) < 4.78 is 5.39. The molecular formula is C26H25N3O3S. The number of amides is 1. The predicted molar refractivity (Wildman–Crippen MR) is 131 cm³/mol. The quantitative estimate of drug-likeness (QED) is 0.458. The molecule has 1 atom stereocenters. The number of thioether (sulfide) groups is 1. The number of nitrogens with zero attached hydrogens (tertiary/aromatic N) is 2. The fourth-order valence-corrected chi connectivity index (χ4v) is 4.78. The summed E-state index contributed by atoms with van der Waals surface area (Å²) >= 11 is 1.46. The van der Waals surface area contributed by atoms with E-state index in [2.05, 4.69) is 16.9 Å². The zero-order valence-electron chi connectivity index (χ0n) is 18.4. The first-order valence-electron chi connectivity index (χ1n) is 10.7. The molecule has 0 saturated heterocycles. The average molecular weight is 460 g/mol. The van der Waals surface area contributed by atoms with E-state index in [-0.39, 0.29) is 18.9 Å². The molecule has 0 bridgehead atoms. The molecule has 2 aromatic carbocycles. The average Bonchev–Trinajstić information content (AvgIpc) is 3.23. The van der Waals surface area contributed by atoms with Gasteiger partial charge < -0.3 is 15.0 Å². The van der Waals surface area contributed by atoms with Crippen molar-refractivity contribution in [2.45, 2.75) is 25.9 Å². The van der Waals surface area contributed by atoms with E-state index in [0.29, 0.717) is 17.8 Å². The van der Waals surface area contributed by atoms with Crippen molar-refractivity contribution < 1.29 is 14.3 Å². The van der Waals surface area contributed by atoms with Crippen LogP contribution in [0.1, 0.15) is 30.5 Å². The lowest BCUT2D eigenvalue weighted by Crippen LogP contribution is -2.38. The van der Waals surface area contributed by atoms with E-state index < -0.39 is 12.0 Å². The van der Waals surface area contributed by atoms with Crippen LogP contribution in [0.3, 0.4) is 0 Å². The number of ether oxygens (including phenoxy) is 1. The normalized spacial score (nSPS) is 17.1. The molecule has 0 radical (unpaired) electrons. The summed E-state index contributed by atoms with van der Waals surface area (Å²) in [6.07, 6.45) is 1.72. The third-order valence-corrected chi connectivity index (χ3v) is 6.23. The molecule has 4 rings (SSSR count). The van der Waals surface area contributed by atoms with Crippen LogP contribution in [0.5, 0.6) is 0 Å². The number of amidine groups is 1. The van der Waals surface area contributed by atoms with Gasteiger partial charge in [0.1, 0.15) is 6.61 Å². The maximum absolute atomic E-state index is 13.0. The SMILES string of the molecule is C=CCOC(=O)C1=C(C)N=C2SC=C(CC(=O)NCc3ccccc3)N2[C@@H]1c1ccccc1. The maximum Gasteiger partial charge on any atom is 0.338 e. The van der Waals surface area contributed by atoms with E-state index in [0.717, 1.165) is 22.0 Å². The summed E-state index contributed by atoms with van der Waals surface area (Å²) in [7, 11) is 0. The van der Waals surface area contributed by atoms with Gasteiger partial charge in [-0.3, -0.25) is 4.79 Å². The van der Waals surface area contributed by atoms with Crippen molar-refractivity contribution in [1.29, 1.82) is 0 Å². The number of nitrogens with one attached hydrogen (secondary N) is 1. The van der Waals surface area contributed by atoms with E-state index in [1.54, 1.807) is 0 Å². The second-order valence-electron chi connectivity index (χ2n) is 7.63. The first-order valence-corrected chi connectivity index (χ1v) is 11.5. The molecule has 0 saturated carbocycles. The summed E-state index contributed by atoms with van der Waals surface area (Å²) in [5.74, 6) is -0.533. The Hall–Kier alpha value is -3.58. The molecule has 0 aromatic heterocycles. The van der Waals surface area contributed by atoms with Crippen molar-refractivity contribution in [3.05, 3.63) is 107 Å². The lowest BCUT2D eigenvalue weighted by molar-refractivity contribution is -0.138. The third kappa shape index (κ3) is 5.09. The van der Waals surface area contributed by atoms with Crippen LogP contribution >= 0.6 is 11.8 Å². The fourth-order valence-electron chi connectivity index (χ4n) is 3.82. The number of carbonyl (C=O) groups is 2.